The Morgan fingerprint density at radius 3 is 2.72 bits per heavy atom. The van der Waals surface area contributed by atoms with E-state index in [0.29, 0.717) is 37.1 Å². The van der Waals surface area contributed by atoms with Gasteiger partial charge < -0.3 is 14.5 Å². The van der Waals surface area contributed by atoms with E-state index in [9.17, 15) is 9.59 Å². The van der Waals surface area contributed by atoms with Crippen molar-refractivity contribution >= 4 is 22.9 Å². The van der Waals surface area contributed by atoms with Crippen molar-refractivity contribution in [3.05, 3.63) is 38.7 Å². The van der Waals surface area contributed by atoms with Crippen molar-refractivity contribution in [1.29, 1.82) is 0 Å². The van der Waals surface area contributed by atoms with Gasteiger partial charge in [0, 0.05) is 38.2 Å². The second-order valence-electron chi connectivity index (χ2n) is 7.86. The molecule has 0 saturated carbocycles. The second kappa shape index (κ2) is 8.62. The smallest absolute Gasteiger partial charge is 0.269 e. The number of hydrogen-bond donors (Lipinski definition) is 0. The zero-order valence-electron chi connectivity index (χ0n) is 16.9. The lowest BCUT2D eigenvalue weighted by molar-refractivity contribution is 0.0674. The van der Waals surface area contributed by atoms with Crippen molar-refractivity contribution in [3.63, 3.8) is 0 Å². The number of thiazole rings is 1. The molecule has 0 bridgehead atoms. The fourth-order valence-electron chi connectivity index (χ4n) is 3.82. The number of amides is 1. The van der Waals surface area contributed by atoms with Crippen LogP contribution in [-0.4, -0.2) is 65.0 Å². The Labute approximate surface area is 174 Å². The SMILES string of the molecule is CC(C)c1ncc(C(=O)N2CCC[C@@H](n3ncc(N4CCOCC4)cc3=O)C2)s1. The summed E-state index contributed by atoms with van der Waals surface area (Å²) in [6.45, 7) is 8.21. The van der Waals surface area contributed by atoms with Gasteiger partial charge in [0.05, 0.1) is 42.3 Å². The van der Waals surface area contributed by atoms with Crippen LogP contribution in [0.4, 0.5) is 5.69 Å². The lowest BCUT2D eigenvalue weighted by Crippen LogP contribution is -2.43. The third kappa shape index (κ3) is 4.35. The average molecular weight is 418 g/mol. The first-order valence-electron chi connectivity index (χ1n) is 10.2. The number of hydrogen-bond acceptors (Lipinski definition) is 7. The summed E-state index contributed by atoms with van der Waals surface area (Å²) in [6.07, 6.45) is 5.12. The Morgan fingerprint density at radius 1 is 1.24 bits per heavy atom. The average Bonchev–Trinajstić information content (AvgIpc) is 3.24. The van der Waals surface area contributed by atoms with E-state index in [2.05, 4.69) is 28.8 Å². The van der Waals surface area contributed by atoms with Crippen LogP contribution in [0.5, 0.6) is 0 Å². The first-order chi connectivity index (χ1) is 14.0. The van der Waals surface area contributed by atoms with Gasteiger partial charge in [0.15, 0.2) is 0 Å². The van der Waals surface area contributed by atoms with Gasteiger partial charge >= 0.3 is 0 Å². The number of ether oxygens (including phenoxy) is 1. The molecule has 2 saturated heterocycles. The molecule has 2 aliphatic heterocycles. The number of carbonyl (C=O) groups is 1. The fourth-order valence-corrected chi connectivity index (χ4v) is 4.71. The highest BCUT2D eigenvalue weighted by molar-refractivity contribution is 7.13. The lowest BCUT2D eigenvalue weighted by atomic mass is 10.1. The molecular weight excluding hydrogens is 390 g/mol. The van der Waals surface area contributed by atoms with Gasteiger partial charge in [-0.3, -0.25) is 9.59 Å². The Bertz CT molecular complexity index is 919. The largest absolute Gasteiger partial charge is 0.378 e. The first-order valence-corrected chi connectivity index (χ1v) is 11.0. The minimum atomic E-state index is -0.117. The van der Waals surface area contributed by atoms with Crippen LogP contribution >= 0.6 is 11.3 Å². The molecule has 0 aromatic carbocycles. The van der Waals surface area contributed by atoms with Crippen LogP contribution in [0, 0.1) is 0 Å². The third-order valence-corrected chi connectivity index (χ3v) is 6.73. The van der Waals surface area contributed by atoms with Gasteiger partial charge in [0.2, 0.25) is 0 Å². The summed E-state index contributed by atoms with van der Waals surface area (Å²) < 4.78 is 6.91. The summed E-state index contributed by atoms with van der Waals surface area (Å²) in [4.78, 5) is 34.6. The standard InChI is InChI=1S/C20H27N5O3S/c1-14(2)19-21-12-17(29-19)20(27)24-5-3-4-15(13-24)25-18(26)10-16(11-22-25)23-6-8-28-9-7-23/h10-12,14-15H,3-9,13H2,1-2H3/t15-/m1/s1. The molecule has 2 aromatic heterocycles. The van der Waals surface area contributed by atoms with Crippen LogP contribution in [0.2, 0.25) is 0 Å². The molecule has 0 spiro atoms. The van der Waals surface area contributed by atoms with Gasteiger partial charge in [-0.15, -0.1) is 11.3 Å². The van der Waals surface area contributed by atoms with Crippen LogP contribution in [0.3, 0.4) is 0 Å². The van der Waals surface area contributed by atoms with Crippen LogP contribution in [0.1, 0.15) is 53.3 Å². The first kappa shape index (κ1) is 20.0. The van der Waals surface area contributed by atoms with Crippen LogP contribution in [-0.2, 0) is 4.74 Å². The number of carbonyl (C=O) groups excluding carboxylic acids is 1. The van der Waals surface area contributed by atoms with Crippen molar-refractivity contribution in [2.75, 3.05) is 44.3 Å². The van der Waals surface area contributed by atoms with Crippen LogP contribution in [0.25, 0.3) is 0 Å². The maximum atomic E-state index is 12.9. The maximum absolute atomic E-state index is 12.9. The summed E-state index contributed by atoms with van der Waals surface area (Å²) in [5.74, 6) is 0.306. The van der Waals surface area contributed by atoms with E-state index in [-0.39, 0.29) is 17.5 Å². The second-order valence-corrected chi connectivity index (χ2v) is 8.92. The number of morpholine rings is 1. The highest BCUT2D eigenvalue weighted by Crippen LogP contribution is 2.26. The molecule has 0 radical (unpaired) electrons. The topological polar surface area (TPSA) is 80.6 Å². The van der Waals surface area contributed by atoms with Gasteiger partial charge in [0.25, 0.3) is 11.5 Å². The molecule has 4 heterocycles. The molecule has 156 valence electrons. The number of rotatable bonds is 4. The highest BCUT2D eigenvalue weighted by atomic mass is 32.1. The molecular formula is C20H27N5O3S. The van der Waals surface area contributed by atoms with Crippen molar-refractivity contribution < 1.29 is 9.53 Å². The Balaban J connectivity index is 1.47. The number of aromatic nitrogens is 3. The molecule has 1 atom stereocenters. The molecule has 8 nitrogen and oxygen atoms in total. The van der Waals surface area contributed by atoms with Gasteiger partial charge in [0.1, 0.15) is 4.88 Å². The van der Waals surface area contributed by atoms with Crippen molar-refractivity contribution in [3.8, 4) is 0 Å². The molecule has 9 heteroatoms. The van der Waals surface area contributed by atoms with Crippen molar-refractivity contribution in [1.82, 2.24) is 19.7 Å². The monoisotopic (exact) mass is 417 g/mol. The summed E-state index contributed by atoms with van der Waals surface area (Å²) in [7, 11) is 0. The van der Waals surface area contributed by atoms with E-state index in [1.54, 1.807) is 18.5 Å². The number of piperidine rings is 1. The van der Waals surface area contributed by atoms with Gasteiger partial charge in [-0.1, -0.05) is 13.8 Å². The predicted molar refractivity (Wildman–Crippen MR) is 112 cm³/mol. The zero-order chi connectivity index (χ0) is 20.4. The molecule has 0 N–H and O–H groups in total. The van der Waals surface area contributed by atoms with E-state index in [1.807, 2.05) is 4.90 Å². The summed E-state index contributed by atoms with van der Waals surface area (Å²) >= 11 is 1.46. The fraction of sp³-hybridized carbons (Fsp3) is 0.600. The van der Waals surface area contributed by atoms with Crippen molar-refractivity contribution in [2.45, 2.75) is 38.6 Å². The van der Waals surface area contributed by atoms with Gasteiger partial charge in [-0.05, 0) is 12.8 Å². The Kier molecular flexibility index (Phi) is 5.96. The summed E-state index contributed by atoms with van der Waals surface area (Å²) in [5, 5.41) is 5.42. The van der Waals surface area contributed by atoms with E-state index in [1.165, 1.54) is 16.0 Å². The van der Waals surface area contributed by atoms with E-state index >= 15 is 0 Å². The number of likely N-dealkylation sites (tertiary alicyclic amines) is 1. The molecule has 0 aliphatic carbocycles. The maximum Gasteiger partial charge on any atom is 0.269 e. The molecule has 0 unspecified atom stereocenters. The molecule has 2 aromatic rings. The lowest BCUT2D eigenvalue weighted by Gasteiger charge is -2.33. The van der Waals surface area contributed by atoms with Gasteiger partial charge in [-0.25, -0.2) is 9.67 Å². The molecule has 2 aliphatic rings. The third-order valence-electron chi connectivity index (χ3n) is 5.45. The van der Waals surface area contributed by atoms with Crippen molar-refractivity contribution in [2.24, 2.45) is 0 Å². The van der Waals surface area contributed by atoms with E-state index in [4.69, 9.17) is 4.74 Å². The zero-order valence-corrected chi connectivity index (χ0v) is 17.7. The summed E-state index contributed by atoms with van der Waals surface area (Å²) in [5.41, 5.74) is 0.720. The molecule has 4 rings (SSSR count). The predicted octanol–water partition coefficient (Wildman–Crippen LogP) is 2.14. The molecule has 1 amide bonds. The van der Waals surface area contributed by atoms with Crippen LogP contribution in [0.15, 0.2) is 23.3 Å². The quantitative estimate of drug-likeness (QED) is 0.758. The normalized spacial score (nSPS) is 20.3. The van der Waals surface area contributed by atoms with Gasteiger partial charge in [-0.2, -0.15) is 5.10 Å². The molecule has 29 heavy (non-hydrogen) atoms. The van der Waals surface area contributed by atoms with Crippen LogP contribution < -0.4 is 10.5 Å². The number of anilines is 1. The van der Waals surface area contributed by atoms with E-state index < -0.39 is 0 Å². The minimum Gasteiger partial charge on any atom is -0.378 e. The van der Waals surface area contributed by atoms with E-state index in [0.717, 1.165) is 36.6 Å². The Morgan fingerprint density at radius 2 is 2.03 bits per heavy atom. The highest BCUT2D eigenvalue weighted by Gasteiger charge is 2.28. The number of nitrogens with zero attached hydrogens (tertiary/aromatic N) is 5. The summed E-state index contributed by atoms with van der Waals surface area (Å²) in [6, 6.07) is 1.55. The minimum absolute atomic E-state index is 0.00270. The Hall–Kier alpha value is -2.26. The molecule has 2 fully saturated rings.